The van der Waals surface area contributed by atoms with Gasteiger partial charge in [0.05, 0.1) is 0 Å². The monoisotopic (exact) mass is 169 g/mol. The number of carboxylic acid groups (broad SMARTS) is 2. The van der Waals surface area contributed by atoms with Crippen molar-refractivity contribution in [2.45, 2.75) is 0 Å². The van der Waals surface area contributed by atoms with Gasteiger partial charge in [-0.3, -0.25) is 0 Å². The van der Waals surface area contributed by atoms with Crippen LogP contribution in [0.25, 0.3) is 0 Å². The third kappa shape index (κ3) is 76.8. The van der Waals surface area contributed by atoms with Crippen molar-refractivity contribution in [1.82, 2.24) is 6.15 Å². The van der Waals surface area contributed by atoms with Crippen LogP contribution in [0.4, 0.5) is 4.79 Å². The van der Waals surface area contributed by atoms with Gasteiger partial charge in [0.1, 0.15) is 0 Å². The first-order valence-electron chi connectivity index (χ1n) is 0.651. The number of hydrogen-bond donors (Lipinski definition) is 3. The van der Waals surface area contributed by atoms with Gasteiger partial charge in [0.25, 0.3) is 0 Å². The molecular weight excluding hydrogens is 160 g/mol. The molecule has 0 heterocycles. The maximum atomic E-state index is 8.56. The number of rotatable bonds is 0. The maximum absolute atomic E-state index is 8.56. The van der Waals surface area contributed by atoms with Crippen molar-refractivity contribution < 1.29 is 15.0 Å². The minimum atomic E-state index is -1.83. The third-order valence-corrected chi connectivity index (χ3v) is 0. The van der Waals surface area contributed by atoms with Crippen LogP contribution in [0.15, 0.2) is 0 Å². The van der Waals surface area contributed by atoms with Gasteiger partial charge >= 0.3 is 103 Å². The normalized spacial score (nSPS) is 3.00. The molecule has 0 saturated carbocycles. The Morgan fingerprint density at radius 1 is 1.12 bits per heavy atom. The van der Waals surface area contributed by atoms with E-state index in [4.69, 9.17) is 15.0 Å². The van der Waals surface area contributed by atoms with E-state index in [9.17, 15) is 0 Å². The van der Waals surface area contributed by atoms with Crippen LogP contribution in [0.3, 0.4) is 0 Å². The van der Waals surface area contributed by atoms with E-state index in [0.717, 1.165) is 0 Å². The molecule has 0 atom stereocenters. The quantitative estimate of drug-likeness (QED) is 0.372. The van der Waals surface area contributed by atoms with Crippen molar-refractivity contribution in [3.8, 4) is 0 Å². The Morgan fingerprint density at radius 2 is 1.12 bits per heavy atom. The fraction of sp³-hybridized carbons (Fsp3) is 0. The molecule has 0 unspecified atom stereocenters. The molecule has 0 rings (SSSR count). The van der Waals surface area contributed by atoms with Crippen LogP contribution in [-0.2, 0) is 0 Å². The zero-order chi connectivity index (χ0) is 3.58. The number of carbonyl (C=O) groups is 1. The van der Waals surface area contributed by atoms with Crippen LogP contribution >= 0.6 is 0 Å². The molecule has 7 heteroatoms. The molecule has 0 spiro atoms. The first kappa shape index (κ1) is 31.3. The second kappa shape index (κ2) is 22.7. The Morgan fingerprint density at radius 3 is 1.12 bits per heavy atom. The molecule has 0 aliphatic carbocycles. The summed E-state index contributed by atoms with van der Waals surface area (Å²) in [4.78, 5) is 8.56. The van der Waals surface area contributed by atoms with E-state index in [-0.39, 0.29) is 103 Å². The molecule has 0 fully saturated rings. The second-order valence-corrected chi connectivity index (χ2v) is 0.283. The molecule has 0 amide bonds. The van der Waals surface area contributed by atoms with E-state index in [1.165, 1.54) is 0 Å². The topological polar surface area (TPSA) is 92.5 Å². The van der Waals surface area contributed by atoms with Crippen LogP contribution in [0.5, 0.6) is 0 Å². The van der Waals surface area contributed by atoms with Crippen molar-refractivity contribution in [2.24, 2.45) is 0 Å². The standard InChI is InChI=1S/CH2O3.Ca.H3N.2Na.4H/c2-1(3)4;;;;;;;;/h(H2,2,3,4);;1H3;;;;;;. The summed E-state index contributed by atoms with van der Waals surface area (Å²) in [6.45, 7) is 0. The van der Waals surface area contributed by atoms with Crippen LogP contribution < -0.4 is 6.15 Å². The van der Waals surface area contributed by atoms with E-state index < -0.39 is 6.16 Å². The van der Waals surface area contributed by atoms with Gasteiger partial charge in [-0.05, 0) is 0 Å². The predicted molar refractivity (Wildman–Crippen MR) is 38.5 cm³/mol. The summed E-state index contributed by atoms with van der Waals surface area (Å²) in [5.74, 6) is 0. The van der Waals surface area contributed by atoms with Gasteiger partial charge in [-0.1, -0.05) is 0 Å². The Hall–Kier alpha value is 2.49. The van der Waals surface area contributed by atoms with Crippen LogP contribution in [0, 0.1) is 0 Å². The van der Waals surface area contributed by atoms with Crippen molar-refractivity contribution in [3.63, 3.8) is 0 Å². The van der Waals surface area contributed by atoms with Gasteiger partial charge in [0, 0.05) is 0 Å². The zero-order valence-electron chi connectivity index (χ0n) is 2.51. The van der Waals surface area contributed by atoms with Gasteiger partial charge in [-0.25, -0.2) is 4.79 Å². The molecule has 0 aromatic rings. The molecular formula is CH9CaNNa2O3. The SMILES string of the molecule is N.O=C(O)O.[CaH2].[NaH].[NaH]. The van der Waals surface area contributed by atoms with Crippen molar-refractivity contribution in [2.75, 3.05) is 0 Å². The summed E-state index contributed by atoms with van der Waals surface area (Å²) in [6.07, 6.45) is -1.83. The third-order valence-electron chi connectivity index (χ3n) is 0. The van der Waals surface area contributed by atoms with Gasteiger partial charge < -0.3 is 16.4 Å². The predicted octanol–water partition coefficient (Wildman–Crippen LogP) is -1.83. The molecule has 40 valence electrons. The Labute approximate surface area is 122 Å². The molecule has 4 nitrogen and oxygen atoms in total. The van der Waals surface area contributed by atoms with Crippen LogP contribution in [-0.4, -0.2) is 113 Å². The van der Waals surface area contributed by atoms with Crippen molar-refractivity contribution >= 4 is 103 Å². The molecule has 0 aliphatic heterocycles. The first-order valence-corrected chi connectivity index (χ1v) is 0.651. The average Bonchev–Trinajstić information content (AvgIpc) is 0.811. The van der Waals surface area contributed by atoms with Crippen LogP contribution in [0.2, 0.25) is 0 Å². The van der Waals surface area contributed by atoms with E-state index in [1.54, 1.807) is 0 Å². The summed E-state index contributed by atoms with van der Waals surface area (Å²) in [6, 6.07) is 0. The Kier molecular flexibility index (Phi) is 88.9. The molecule has 0 aromatic carbocycles. The number of hydrogen-bond acceptors (Lipinski definition) is 2. The summed E-state index contributed by atoms with van der Waals surface area (Å²) in [7, 11) is 0. The van der Waals surface area contributed by atoms with Gasteiger partial charge in [-0.15, -0.1) is 0 Å². The molecule has 0 radical (unpaired) electrons. The van der Waals surface area contributed by atoms with E-state index in [2.05, 4.69) is 0 Å². The molecule has 8 heavy (non-hydrogen) atoms. The molecule has 0 aromatic heterocycles. The molecule has 0 bridgehead atoms. The van der Waals surface area contributed by atoms with E-state index in [1.807, 2.05) is 0 Å². The molecule has 5 N–H and O–H groups in total. The van der Waals surface area contributed by atoms with Crippen molar-refractivity contribution in [1.29, 1.82) is 0 Å². The van der Waals surface area contributed by atoms with Gasteiger partial charge in [0.2, 0.25) is 0 Å². The fourth-order valence-electron chi connectivity index (χ4n) is 0. The van der Waals surface area contributed by atoms with Gasteiger partial charge in [0.15, 0.2) is 0 Å². The van der Waals surface area contributed by atoms with Crippen LogP contribution in [0.1, 0.15) is 0 Å². The van der Waals surface area contributed by atoms with Gasteiger partial charge in [-0.2, -0.15) is 0 Å². The summed E-state index contributed by atoms with van der Waals surface area (Å²) < 4.78 is 0. The second-order valence-electron chi connectivity index (χ2n) is 0.283. The van der Waals surface area contributed by atoms with E-state index in [0.29, 0.717) is 0 Å². The van der Waals surface area contributed by atoms with Crippen molar-refractivity contribution in [3.05, 3.63) is 0 Å². The first-order chi connectivity index (χ1) is 1.73. The summed E-state index contributed by atoms with van der Waals surface area (Å²) in [5, 5.41) is 13.9. The Balaban J connectivity index is -0.00000000750. The molecule has 0 saturated heterocycles. The Bertz CT molecular complexity index is 40.3. The van der Waals surface area contributed by atoms with E-state index >= 15 is 0 Å². The molecule has 0 aliphatic rings. The average molecular weight is 169 g/mol. The summed E-state index contributed by atoms with van der Waals surface area (Å²) >= 11 is 0. The minimum absolute atomic E-state index is 0. The summed E-state index contributed by atoms with van der Waals surface area (Å²) in [5.41, 5.74) is 0. The fourth-order valence-corrected chi connectivity index (χ4v) is 0. The zero-order valence-corrected chi connectivity index (χ0v) is 2.51.